The third kappa shape index (κ3) is 6.17. The van der Waals surface area contributed by atoms with E-state index >= 15 is 0 Å². The molecule has 2 N–H and O–H groups in total. The number of unbranched alkanes of at least 4 members (excludes halogenated alkanes) is 1. The zero-order valence-corrected chi connectivity index (χ0v) is 19.6. The summed E-state index contributed by atoms with van der Waals surface area (Å²) in [5, 5.41) is 7.05. The molecule has 0 aliphatic carbocycles. The third-order valence-electron chi connectivity index (χ3n) is 4.70. The van der Waals surface area contributed by atoms with Crippen molar-refractivity contribution in [1.82, 2.24) is 5.32 Å². The standard InChI is InChI=1S/C23H24FN3O4S2/c1-2-3-14-25-23(29)19-7-4-5-8-20(19)26-21(28)16-27(18-12-10-17(24)11-13-18)33(30,31)22-9-6-15-32-22/h4-13,15H,2-3,14,16H2,1H3,(H,25,29)(H,26,28). The normalized spacial score (nSPS) is 11.1. The Morgan fingerprint density at radius 2 is 1.76 bits per heavy atom. The van der Waals surface area contributed by atoms with Crippen LogP contribution in [0.5, 0.6) is 0 Å². The number of amides is 2. The minimum atomic E-state index is -4.06. The number of rotatable bonds is 10. The molecule has 7 nitrogen and oxygen atoms in total. The summed E-state index contributed by atoms with van der Waals surface area (Å²) in [7, 11) is -4.06. The first-order valence-corrected chi connectivity index (χ1v) is 12.6. The number of carbonyl (C=O) groups is 2. The number of halogens is 1. The van der Waals surface area contributed by atoms with Gasteiger partial charge in [0.25, 0.3) is 15.9 Å². The molecular formula is C23H24FN3O4S2. The molecule has 33 heavy (non-hydrogen) atoms. The van der Waals surface area contributed by atoms with Crippen molar-refractivity contribution < 1.29 is 22.4 Å². The van der Waals surface area contributed by atoms with Crippen molar-refractivity contribution in [3.05, 3.63) is 77.4 Å². The topological polar surface area (TPSA) is 95.6 Å². The zero-order valence-electron chi connectivity index (χ0n) is 18.0. The smallest absolute Gasteiger partial charge is 0.274 e. The van der Waals surface area contributed by atoms with Crippen LogP contribution in [0.15, 0.2) is 70.3 Å². The fourth-order valence-electron chi connectivity index (χ4n) is 3.03. The number of thiophene rings is 1. The maximum absolute atomic E-state index is 13.4. The molecule has 0 saturated heterocycles. The fraction of sp³-hybridized carbons (Fsp3) is 0.217. The van der Waals surface area contributed by atoms with Crippen LogP contribution in [0.2, 0.25) is 0 Å². The largest absolute Gasteiger partial charge is 0.352 e. The number of anilines is 2. The quantitative estimate of drug-likeness (QED) is 0.416. The highest BCUT2D eigenvalue weighted by Gasteiger charge is 2.28. The number of hydrogen-bond donors (Lipinski definition) is 2. The van der Waals surface area contributed by atoms with Crippen LogP contribution in [0, 0.1) is 5.82 Å². The Bertz CT molecular complexity index is 1200. The zero-order chi connectivity index (χ0) is 23.8. The summed E-state index contributed by atoms with van der Waals surface area (Å²) < 4.78 is 40.8. The number of sulfonamides is 1. The molecule has 0 unspecified atom stereocenters. The molecule has 0 bridgehead atoms. The summed E-state index contributed by atoms with van der Waals surface area (Å²) in [5.74, 6) is -1.51. The minimum Gasteiger partial charge on any atom is -0.352 e. The Balaban J connectivity index is 1.84. The maximum atomic E-state index is 13.4. The van der Waals surface area contributed by atoms with Crippen molar-refractivity contribution in [3.63, 3.8) is 0 Å². The van der Waals surface area contributed by atoms with E-state index in [1.165, 1.54) is 18.2 Å². The first-order chi connectivity index (χ1) is 15.8. The van der Waals surface area contributed by atoms with Gasteiger partial charge in [0, 0.05) is 6.54 Å². The predicted molar refractivity (Wildman–Crippen MR) is 128 cm³/mol. The van der Waals surface area contributed by atoms with Gasteiger partial charge in [-0.2, -0.15) is 0 Å². The minimum absolute atomic E-state index is 0.0512. The Morgan fingerprint density at radius 1 is 1.03 bits per heavy atom. The Labute approximate surface area is 196 Å². The van der Waals surface area contributed by atoms with Crippen LogP contribution in [0.4, 0.5) is 15.8 Å². The summed E-state index contributed by atoms with van der Waals surface area (Å²) in [4.78, 5) is 25.4. The summed E-state index contributed by atoms with van der Waals surface area (Å²) >= 11 is 1.01. The lowest BCUT2D eigenvalue weighted by atomic mass is 10.1. The van der Waals surface area contributed by atoms with E-state index in [1.807, 2.05) is 6.92 Å². The molecule has 0 saturated carbocycles. The highest BCUT2D eigenvalue weighted by Crippen LogP contribution is 2.27. The summed E-state index contributed by atoms with van der Waals surface area (Å²) in [5.41, 5.74) is 0.686. The second-order valence-corrected chi connectivity index (χ2v) is 10.2. The molecule has 0 aliphatic heterocycles. The van der Waals surface area contributed by atoms with Crippen molar-refractivity contribution >= 4 is 44.5 Å². The van der Waals surface area contributed by atoms with Crippen molar-refractivity contribution in [1.29, 1.82) is 0 Å². The molecule has 174 valence electrons. The SMILES string of the molecule is CCCCNC(=O)c1ccccc1NC(=O)CN(c1ccc(F)cc1)S(=O)(=O)c1cccs1. The number of carbonyl (C=O) groups excluding carboxylic acids is 2. The first kappa shape index (κ1) is 24.4. The van der Waals surface area contributed by atoms with Crippen LogP contribution in [-0.4, -0.2) is 33.3 Å². The highest BCUT2D eigenvalue weighted by atomic mass is 32.2. The molecule has 0 spiro atoms. The molecule has 1 aromatic heterocycles. The lowest BCUT2D eigenvalue weighted by Gasteiger charge is -2.23. The van der Waals surface area contributed by atoms with E-state index in [-0.39, 0.29) is 27.1 Å². The number of nitrogens with one attached hydrogen (secondary N) is 2. The van der Waals surface area contributed by atoms with Gasteiger partial charge in [-0.3, -0.25) is 13.9 Å². The monoisotopic (exact) mass is 489 g/mol. The van der Waals surface area contributed by atoms with E-state index in [0.717, 1.165) is 40.6 Å². The van der Waals surface area contributed by atoms with Gasteiger partial charge in [-0.1, -0.05) is 31.5 Å². The van der Waals surface area contributed by atoms with Crippen LogP contribution < -0.4 is 14.9 Å². The molecule has 3 aromatic rings. The van der Waals surface area contributed by atoms with Crippen molar-refractivity contribution in [2.45, 2.75) is 24.0 Å². The van der Waals surface area contributed by atoms with Crippen molar-refractivity contribution in [3.8, 4) is 0 Å². The van der Waals surface area contributed by atoms with Gasteiger partial charge < -0.3 is 10.6 Å². The third-order valence-corrected chi connectivity index (χ3v) is 7.85. The lowest BCUT2D eigenvalue weighted by molar-refractivity contribution is -0.114. The maximum Gasteiger partial charge on any atom is 0.274 e. The van der Waals surface area contributed by atoms with Gasteiger partial charge in [0.15, 0.2) is 0 Å². The molecule has 3 rings (SSSR count). The molecule has 0 fully saturated rings. The second-order valence-electron chi connectivity index (χ2n) is 7.12. The van der Waals surface area contributed by atoms with Crippen molar-refractivity contribution in [2.24, 2.45) is 0 Å². The fourth-order valence-corrected chi connectivity index (χ4v) is 5.55. The van der Waals surface area contributed by atoms with Gasteiger partial charge >= 0.3 is 0 Å². The Morgan fingerprint density at radius 3 is 2.42 bits per heavy atom. The predicted octanol–water partition coefficient (Wildman–Crippen LogP) is 4.25. The van der Waals surface area contributed by atoms with Crippen molar-refractivity contribution in [2.75, 3.05) is 22.7 Å². The molecule has 0 radical (unpaired) electrons. The second kappa shape index (κ2) is 11.1. The van der Waals surface area contributed by atoms with Gasteiger partial charge in [-0.05, 0) is 54.3 Å². The van der Waals surface area contributed by atoms with Crippen LogP contribution in [-0.2, 0) is 14.8 Å². The molecular weight excluding hydrogens is 465 g/mol. The highest BCUT2D eigenvalue weighted by molar-refractivity contribution is 7.94. The van der Waals surface area contributed by atoms with Gasteiger partial charge in [0.05, 0.1) is 16.9 Å². The van der Waals surface area contributed by atoms with Crippen LogP contribution >= 0.6 is 11.3 Å². The molecule has 1 heterocycles. The van der Waals surface area contributed by atoms with Gasteiger partial charge in [0.1, 0.15) is 16.6 Å². The van der Waals surface area contributed by atoms with E-state index in [0.29, 0.717) is 6.54 Å². The number of benzene rings is 2. The van der Waals surface area contributed by atoms with E-state index in [1.54, 1.807) is 35.7 Å². The Kier molecular flexibility index (Phi) is 8.18. The van der Waals surface area contributed by atoms with Gasteiger partial charge in [-0.25, -0.2) is 12.8 Å². The number of para-hydroxylation sites is 1. The van der Waals surface area contributed by atoms with E-state index in [2.05, 4.69) is 10.6 Å². The molecule has 0 atom stereocenters. The van der Waals surface area contributed by atoms with Gasteiger partial charge in [-0.15, -0.1) is 11.3 Å². The van der Waals surface area contributed by atoms with E-state index in [4.69, 9.17) is 0 Å². The average Bonchev–Trinajstić information content (AvgIpc) is 3.35. The molecule has 0 aliphatic rings. The molecule has 2 aromatic carbocycles. The molecule has 2 amide bonds. The van der Waals surface area contributed by atoms with E-state index in [9.17, 15) is 22.4 Å². The van der Waals surface area contributed by atoms with Gasteiger partial charge in [0.2, 0.25) is 5.91 Å². The average molecular weight is 490 g/mol. The Hall–Kier alpha value is -3.24. The number of hydrogen-bond acceptors (Lipinski definition) is 5. The van der Waals surface area contributed by atoms with Crippen LogP contribution in [0.1, 0.15) is 30.1 Å². The summed E-state index contributed by atoms with van der Waals surface area (Å²) in [6, 6.07) is 14.4. The summed E-state index contributed by atoms with van der Waals surface area (Å²) in [6.45, 7) is 1.96. The molecule has 10 heteroatoms. The van der Waals surface area contributed by atoms with E-state index < -0.39 is 28.3 Å². The number of nitrogens with zero attached hydrogens (tertiary/aromatic N) is 1. The summed E-state index contributed by atoms with van der Waals surface area (Å²) in [6.07, 6.45) is 1.75. The van der Waals surface area contributed by atoms with Crippen LogP contribution in [0.25, 0.3) is 0 Å². The van der Waals surface area contributed by atoms with Crippen LogP contribution in [0.3, 0.4) is 0 Å². The first-order valence-electron chi connectivity index (χ1n) is 10.3. The lowest BCUT2D eigenvalue weighted by Crippen LogP contribution is -2.38.